The molecule has 0 aromatic heterocycles. The predicted molar refractivity (Wildman–Crippen MR) is 49.3 cm³/mol. The third-order valence-electron chi connectivity index (χ3n) is 4.16. The Bertz CT molecular complexity index is 364. The Morgan fingerprint density at radius 2 is 1.92 bits per heavy atom. The van der Waals surface area contributed by atoms with E-state index in [4.69, 9.17) is 4.74 Å². The summed E-state index contributed by atoms with van der Waals surface area (Å²) >= 11 is 0. The lowest BCUT2D eigenvalue weighted by molar-refractivity contribution is 0.00983. The van der Waals surface area contributed by atoms with Gasteiger partial charge in [-0.3, -0.25) is 0 Å². The summed E-state index contributed by atoms with van der Waals surface area (Å²) in [6, 6.07) is 10.8. The van der Waals surface area contributed by atoms with E-state index < -0.39 is 0 Å². The Morgan fingerprint density at radius 3 is 2.46 bits per heavy atom. The van der Waals surface area contributed by atoms with E-state index in [0.717, 1.165) is 0 Å². The summed E-state index contributed by atoms with van der Waals surface area (Å²) in [7, 11) is 0. The first kappa shape index (κ1) is 6.61. The average Bonchev–Trinajstić information content (AvgIpc) is 2.58. The van der Waals surface area contributed by atoms with Gasteiger partial charge in [0.25, 0.3) is 0 Å². The average molecular weight is 172 g/mol. The SMILES string of the molecule is c1ccc(C23CC24CC(C4)O3)cc1. The van der Waals surface area contributed by atoms with E-state index >= 15 is 0 Å². The number of ether oxygens (including phenoxy) is 1. The summed E-state index contributed by atoms with van der Waals surface area (Å²) in [4.78, 5) is 0. The van der Waals surface area contributed by atoms with Crippen molar-refractivity contribution >= 4 is 0 Å². The fraction of sp³-hybridized carbons (Fsp3) is 0.500. The molecule has 1 unspecified atom stereocenters. The zero-order valence-electron chi connectivity index (χ0n) is 7.49. The van der Waals surface area contributed by atoms with Crippen LogP contribution in [0.4, 0.5) is 0 Å². The molecule has 1 aromatic rings. The van der Waals surface area contributed by atoms with Gasteiger partial charge in [0.15, 0.2) is 0 Å². The minimum Gasteiger partial charge on any atom is -0.366 e. The summed E-state index contributed by atoms with van der Waals surface area (Å²) in [5, 5.41) is 0. The highest BCUT2D eigenvalue weighted by Crippen LogP contribution is 2.81. The first-order chi connectivity index (χ1) is 6.35. The second kappa shape index (κ2) is 1.69. The number of rotatable bonds is 1. The highest BCUT2D eigenvalue weighted by molar-refractivity contribution is 5.40. The van der Waals surface area contributed by atoms with Crippen molar-refractivity contribution in [3.63, 3.8) is 0 Å². The fourth-order valence-electron chi connectivity index (χ4n) is 3.44. The van der Waals surface area contributed by atoms with Gasteiger partial charge in [0.05, 0.1) is 6.10 Å². The Labute approximate surface area is 77.7 Å². The van der Waals surface area contributed by atoms with Crippen LogP contribution in [0.1, 0.15) is 24.8 Å². The molecule has 13 heavy (non-hydrogen) atoms. The molecule has 2 saturated heterocycles. The Balaban J connectivity index is 1.85. The molecule has 0 radical (unpaired) electrons. The first-order valence-electron chi connectivity index (χ1n) is 5.08. The summed E-state index contributed by atoms with van der Waals surface area (Å²) in [5.74, 6) is 0. The third kappa shape index (κ3) is 0.556. The van der Waals surface area contributed by atoms with Crippen molar-refractivity contribution in [3.8, 4) is 0 Å². The maximum atomic E-state index is 6.07. The van der Waals surface area contributed by atoms with Gasteiger partial charge in [0.2, 0.25) is 0 Å². The number of hydrogen-bond acceptors (Lipinski definition) is 1. The Morgan fingerprint density at radius 1 is 1.15 bits per heavy atom. The third-order valence-corrected chi connectivity index (χ3v) is 4.16. The molecule has 5 rings (SSSR count). The molecule has 2 bridgehead atoms. The Kier molecular flexibility index (Phi) is 0.859. The standard InChI is InChI=1S/C12H12O/c1-2-4-9(5-3-1)12-8-11(12)6-10(7-11)13-12/h1-5,10H,6-8H2. The van der Waals surface area contributed by atoms with Gasteiger partial charge in [-0.15, -0.1) is 0 Å². The number of benzene rings is 1. The minimum atomic E-state index is 0.166. The van der Waals surface area contributed by atoms with Crippen LogP contribution in [0.25, 0.3) is 0 Å². The van der Waals surface area contributed by atoms with Gasteiger partial charge in [-0.05, 0) is 24.8 Å². The van der Waals surface area contributed by atoms with Crippen LogP contribution in [-0.2, 0) is 10.3 Å². The molecule has 1 spiro atoms. The molecule has 2 saturated carbocycles. The maximum absolute atomic E-state index is 6.07. The van der Waals surface area contributed by atoms with E-state index in [2.05, 4.69) is 30.3 Å². The smallest absolute Gasteiger partial charge is 0.100 e. The summed E-state index contributed by atoms with van der Waals surface area (Å²) in [6.45, 7) is 0. The van der Waals surface area contributed by atoms with Crippen molar-refractivity contribution < 1.29 is 4.74 Å². The lowest BCUT2D eigenvalue weighted by atomic mass is 9.78. The van der Waals surface area contributed by atoms with Gasteiger partial charge in [-0.1, -0.05) is 30.3 Å². The molecule has 0 amide bonds. The van der Waals surface area contributed by atoms with E-state index in [0.29, 0.717) is 11.5 Å². The molecule has 2 aliphatic carbocycles. The summed E-state index contributed by atoms with van der Waals surface area (Å²) in [5.41, 5.74) is 2.16. The zero-order valence-corrected chi connectivity index (χ0v) is 7.49. The molecule has 4 aliphatic rings. The van der Waals surface area contributed by atoms with E-state index in [-0.39, 0.29) is 5.60 Å². The Hall–Kier alpha value is -0.820. The lowest BCUT2D eigenvalue weighted by Crippen LogP contribution is -2.23. The topological polar surface area (TPSA) is 9.23 Å². The summed E-state index contributed by atoms with van der Waals surface area (Å²) in [6.07, 6.45) is 4.51. The van der Waals surface area contributed by atoms with Crippen LogP contribution in [0.15, 0.2) is 30.3 Å². The monoisotopic (exact) mass is 172 g/mol. The van der Waals surface area contributed by atoms with Crippen molar-refractivity contribution in [1.82, 2.24) is 0 Å². The predicted octanol–water partition coefficient (Wildman–Crippen LogP) is 2.46. The molecule has 1 atom stereocenters. The number of hydrogen-bond donors (Lipinski definition) is 0. The van der Waals surface area contributed by atoms with Crippen LogP contribution >= 0.6 is 0 Å². The van der Waals surface area contributed by atoms with E-state index in [1.165, 1.54) is 24.8 Å². The van der Waals surface area contributed by atoms with Crippen LogP contribution in [-0.4, -0.2) is 6.10 Å². The molecular formula is C12H12O. The van der Waals surface area contributed by atoms with Gasteiger partial charge in [0.1, 0.15) is 5.60 Å². The first-order valence-corrected chi connectivity index (χ1v) is 5.08. The molecule has 66 valence electrons. The van der Waals surface area contributed by atoms with Crippen molar-refractivity contribution in [2.45, 2.75) is 31.0 Å². The van der Waals surface area contributed by atoms with Gasteiger partial charge in [0, 0.05) is 5.41 Å². The largest absolute Gasteiger partial charge is 0.366 e. The normalized spacial score (nSPS) is 49.7. The van der Waals surface area contributed by atoms with Crippen LogP contribution in [0.5, 0.6) is 0 Å². The fourth-order valence-corrected chi connectivity index (χ4v) is 3.44. The van der Waals surface area contributed by atoms with Crippen molar-refractivity contribution in [1.29, 1.82) is 0 Å². The second-order valence-electron chi connectivity index (χ2n) is 4.80. The quantitative estimate of drug-likeness (QED) is 0.632. The minimum absolute atomic E-state index is 0.166. The van der Waals surface area contributed by atoms with Crippen molar-refractivity contribution in [3.05, 3.63) is 35.9 Å². The molecular weight excluding hydrogens is 160 g/mol. The van der Waals surface area contributed by atoms with Gasteiger partial charge < -0.3 is 4.74 Å². The van der Waals surface area contributed by atoms with Gasteiger partial charge in [-0.25, -0.2) is 0 Å². The highest BCUT2D eigenvalue weighted by Gasteiger charge is 2.81. The van der Waals surface area contributed by atoms with Crippen LogP contribution in [0, 0.1) is 5.41 Å². The van der Waals surface area contributed by atoms with Crippen LogP contribution < -0.4 is 0 Å². The zero-order chi connectivity index (χ0) is 8.52. The molecule has 1 nitrogen and oxygen atoms in total. The van der Waals surface area contributed by atoms with E-state index in [1.54, 1.807) is 0 Å². The molecule has 1 aromatic carbocycles. The highest BCUT2D eigenvalue weighted by atomic mass is 16.5. The molecule has 0 N–H and O–H groups in total. The van der Waals surface area contributed by atoms with E-state index in [9.17, 15) is 0 Å². The summed E-state index contributed by atoms with van der Waals surface area (Å²) < 4.78 is 6.07. The molecule has 2 aliphatic heterocycles. The maximum Gasteiger partial charge on any atom is 0.100 e. The van der Waals surface area contributed by atoms with Crippen LogP contribution in [0.2, 0.25) is 0 Å². The molecule has 1 heteroatoms. The lowest BCUT2D eigenvalue weighted by Gasteiger charge is -2.25. The van der Waals surface area contributed by atoms with Crippen LogP contribution in [0.3, 0.4) is 0 Å². The second-order valence-corrected chi connectivity index (χ2v) is 4.80. The molecule has 2 heterocycles. The van der Waals surface area contributed by atoms with Crippen molar-refractivity contribution in [2.75, 3.05) is 0 Å². The molecule has 4 fully saturated rings. The van der Waals surface area contributed by atoms with Crippen molar-refractivity contribution in [2.24, 2.45) is 5.41 Å². The van der Waals surface area contributed by atoms with E-state index in [1.807, 2.05) is 0 Å². The van der Waals surface area contributed by atoms with Gasteiger partial charge in [-0.2, -0.15) is 0 Å². The van der Waals surface area contributed by atoms with Gasteiger partial charge >= 0.3 is 0 Å².